The molecule has 1 heterocycles. The number of ether oxygens (including phenoxy) is 1. The Morgan fingerprint density at radius 3 is 2.48 bits per heavy atom. The number of benzene rings is 3. The number of thioether (sulfide) groups is 1. The molecule has 0 radical (unpaired) electrons. The number of methoxy groups -OCH3 is 1. The number of para-hydroxylation sites is 3. The van der Waals surface area contributed by atoms with E-state index in [4.69, 9.17) is 16.3 Å². The molecule has 0 fully saturated rings. The summed E-state index contributed by atoms with van der Waals surface area (Å²) in [4.78, 5) is 12.6. The van der Waals surface area contributed by atoms with Crippen LogP contribution in [0.15, 0.2) is 84.0 Å². The third-order valence-corrected chi connectivity index (χ3v) is 5.90. The second kappa shape index (κ2) is 10.9. The van der Waals surface area contributed by atoms with Crippen molar-refractivity contribution in [2.75, 3.05) is 23.5 Å². The summed E-state index contributed by atoms with van der Waals surface area (Å²) in [5, 5.41) is 16.2. The minimum absolute atomic E-state index is 0.159. The fourth-order valence-electron chi connectivity index (χ4n) is 3.16. The molecule has 0 bridgehead atoms. The van der Waals surface area contributed by atoms with E-state index in [2.05, 4.69) is 20.8 Å². The number of carbonyl (C=O) groups is 1. The van der Waals surface area contributed by atoms with E-state index < -0.39 is 0 Å². The minimum Gasteiger partial charge on any atom is -0.495 e. The SMILES string of the molecule is COc1ccccc1NC(=O)CSc1nnc(CNc2ccc(Cl)cc2)n1-c1ccccc1. The largest absolute Gasteiger partial charge is 0.495 e. The molecule has 0 unspecified atom stereocenters. The van der Waals surface area contributed by atoms with Crippen molar-refractivity contribution < 1.29 is 9.53 Å². The Morgan fingerprint density at radius 2 is 1.73 bits per heavy atom. The molecule has 3 aromatic carbocycles. The molecule has 33 heavy (non-hydrogen) atoms. The van der Waals surface area contributed by atoms with E-state index in [1.807, 2.05) is 71.3 Å². The molecule has 0 aliphatic heterocycles. The molecule has 168 valence electrons. The minimum atomic E-state index is -0.159. The third-order valence-electron chi connectivity index (χ3n) is 4.72. The molecule has 0 aliphatic carbocycles. The van der Waals surface area contributed by atoms with Gasteiger partial charge in [0.2, 0.25) is 5.91 Å². The Kier molecular flexibility index (Phi) is 7.49. The zero-order valence-electron chi connectivity index (χ0n) is 17.9. The first-order chi connectivity index (χ1) is 16.1. The van der Waals surface area contributed by atoms with E-state index in [0.717, 1.165) is 17.2 Å². The van der Waals surface area contributed by atoms with E-state index in [1.54, 1.807) is 19.2 Å². The van der Waals surface area contributed by atoms with Crippen LogP contribution >= 0.6 is 23.4 Å². The fraction of sp³-hybridized carbons (Fsp3) is 0.125. The first-order valence-electron chi connectivity index (χ1n) is 10.2. The molecule has 0 spiro atoms. The summed E-state index contributed by atoms with van der Waals surface area (Å²) in [7, 11) is 1.57. The summed E-state index contributed by atoms with van der Waals surface area (Å²) in [6.07, 6.45) is 0. The van der Waals surface area contributed by atoms with Crippen molar-refractivity contribution >= 4 is 40.6 Å². The van der Waals surface area contributed by atoms with Crippen LogP contribution in [0.3, 0.4) is 0 Å². The monoisotopic (exact) mass is 479 g/mol. The van der Waals surface area contributed by atoms with Crippen molar-refractivity contribution in [1.29, 1.82) is 0 Å². The molecule has 9 heteroatoms. The van der Waals surface area contributed by atoms with Crippen LogP contribution in [-0.2, 0) is 11.3 Å². The van der Waals surface area contributed by atoms with Gasteiger partial charge in [-0.15, -0.1) is 10.2 Å². The summed E-state index contributed by atoms with van der Waals surface area (Å²) < 4.78 is 7.25. The van der Waals surface area contributed by atoms with Crippen molar-refractivity contribution in [3.63, 3.8) is 0 Å². The number of aromatic nitrogens is 3. The lowest BCUT2D eigenvalue weighted by Gasteiger charge is -2.12. The van der Waals surface area contributed by atoms with Gasteiger partial charge in [0.1, 0.15) is 5.75 Å². The average molecular weight is 480 g/mol. The summed E-state index contributed by atoms with van der Waals surface area (Å²) in [6.45, 7) is 0.456. The molecule has 2 N–H and O–H groups in total. The molecule has 7 nitrogen and oxygen atoms in total. The number of carbonyl (C=O) groups excluding carboxylic acids is 1. The van der Waals surface area contributed by atoms with Gasteiger partial charge in [-0.2, -0.15) is 0 Å². The van der Waals surface area contributed by atoms with Crippen LogP contribution in [0.1, 0.15) is 5.82 Å². The Bertz CT molecular complexity index is 1220. The van der Waals surface area contributed by atoms with E-state index >= 15 is 0 Å². The molecule has 0 atom stereocenters. The van der Waals surface area contributed by atoms with Crippen molar-refractivity contribution in [3.8, 4) is 11.4 Å². The zero-order chi connectivity index (χ0) is 23.0. The number of anilines is 2. The smallest absolute Gasteiger partial charge is 0.234 e. The molecule has 0 saturated heterocycles. The van der Waals surface area contributed by atoms with Crippen LogP contribution in [0, 0.1) is 0 Å². The Morgan fingerprint density at radius 1 is 1.00 bits per heavy atom. The van der Waals surface area contributed by atoms with Gasteiger partial charge in [-0.1, -0.05) is 53.7 Å². The number of hydrogen-bond acceptors (Lipinski definition) is 6. The average Bonchev–Trinajstić information content (AvgIpc) is 3.26. The predicted molar refractivity (Wildman–Crippen MR) is 132 cm³/mol. The lowest BCUT2D eigenvalue weighted by Crippen LogP contribution is -2.15. The number of nitrogens with zero attached hydrogens (tertiary/aromatic N) is 3. The van der Waals surface area contributed by atoms with E-state index in [9.17, 15) is 4.79 Å². The van der Waals surface area contributed by atoms with Gasteiger partial charge in [-0.25, -0.2) is 0 Å². The maximum atomic E-state index is 12.6. The highest BCUT2D eigenvalue weighted by molar-refractivity contribution is 7.99. The molecular weight excluding hydrogens is 458 g/mol. The highest BCUT2D eigenvalue weighted by Gasteiger charge is 2.16. The van der Waals surface area contributed by atoms with Crippen LogP contribution in [0.5, 0.6) is 5.75 Å². The van der Waals surface area contributed by atoms with Crippen LogP contribution in [0.2, 0.25) is 5.02 Å². The molecule has 1 aromatic heterocycles. The number of nitrogens with one attached hydrogen (secondary N) is 2. The van der Waals surface area contributed by atoms with Gasteiger partial charge < -0.3 is 15.4 Å². The van der Waals surface area contributed by atoms with Gasteiger partial charge in [0.05, 0.1) is 25.1 Å². The summed E-state index contributed by atoms with van der Waals surface area (Å²) >= 11 is 7.29. The van der Waals surface area contributed by atoms with E-state index in [1.165, 1.54) is 11.8 Å². The topological polar surface area (TPSA) is 81.1 Å². The third kappa shape index (κ3) is 5.85. The van der Waals surface area contributed by atoms with Crippen molar-refractivity contribution in [2.45, 2.75) is 11.7 Å². The van der Waals surface area contributed by atoms with Gasteiger partial charge in [-0.3, -0.25) is 9.36 Å². The maximum Gasteiger partial charge on any atom is 0.234 e. The van der Waals surface area contributed by atoms with Crippen molar-refractivity contribution in [3.05, 3.63) is 89.7 Å². The second-order valence-corrected chi connectivity index (χ2v) is 8.35. The number of hydrogen-bond donors (Lipinski definition) is 2. The molecule has 1 amide bonds. The lowest BCUT2D eigenvalue weighted by atomic mass is 10.3. The summed E-state index contributed by atoms with van der Waals surface area (Å²) in [5.74, 6) is 1.35. The number of rotatable bonds is 9. The lowest BCUT2D eigenvalue weighted by molar-refractivity contribution is -0.113. The standard InChI is InChI=1S/C24H22ClN5O2S/c1-32-21-10-6-5-9-20(21)27-23(31)16-33-24-29-28-22(30(24)19-7-3-2-4-8-19)15-26-18-13-11-17(25)12-14-18/h2-14,26H,15-16H2,1H3,(H,27,31). The van der Waals surface area contributed by atoms with Gasteiger partial charge in [0.15, 0.2) is 11.0 Å². The first-order valence-corrected chi connectivity index (χ1v) is 11.5. The van der Waals surface area contributed by atoms with E-state index in [-0.39, 0.29) is 11.7 Å². The fourth-order valence-corrected chi connectivity index (χ4v) is 4.05. The zero-order valence-corrected chi connectivity index (χ0v) is 19.4. The molecule has 0 aliphatic rings. The Labute approximate surface area is 201 Å². The molecule has 4 aromatic rings. The molecular formula is C24H22ClN5O2S. The van der Waals surface area contributed by atoms with Crippen LogP contribution in [0.4, 0.5) is 11.4 Å². The van der Waals surface area contributed by atoms with E-state index in [0.29, 0.717) is 28.2 Å². The molecule has 0 saturated carbocycles. The second-order valence-electron chi connectivity index (χ2n) is 6.97. The van der Waals surface area contributed by atoms with Crippen molar-refractivity contribution in [1.82, 2.24) is 14.8 Å². The predicted octanol–water partition coefficient (Wildman–Crippen LogP) is 5.27. The first kappa shape index (κ1) is 22.7. The normalized spacial score (nSPS) is 10.6. The summed E-state index contributed by atoms with van der Waals surface area (Å²) in [6, 6.07) is 24.6. The van der Waals surface area contributed by atoms with Crippen LogP contribution in [-0.4, -0.2) is 33.5 Å². The number of halogens is 1. The maximum absolute atomic E-state index is 12.6. The van der Waals surface area contributed by atoms with Gasteiger partial charge in [0, 0.05) is 16.4 Å². The van der Waals surface area contributed by atoms with Crippen LogP contribution in [0.25, 0.3) is 5.69 Å². The van der Waals surface area contributed by atoms with Gasteiger partial charge in [-0.05, 0) is 48.5 Å². The van der Waals surface area contributed by atoms with Gasteiger partial charge in [0.25, 0.3) is 0 Å². The van der Waals surface area contributed by atoms with Gasteiger partial charge >= 0.3 is 0 Å². The van der Waals surface area contributed by atoms with Crippen molar-refractivity contribution in [2.24, 2.45) is 0 Å². The summed E-state index contributed by atoms with van der Waals surface area (Å²) in [5.41, 5.74) is 2.47. The number of amides is 1. The molecule has 4 rings (SSSR count). The Hall–Kier alpha value is -3.49. The highest BCUT2D eigenvalue weighted by atomic mass is 35.5. The quantitative estimate of drug-likeness (QED) is 0.318. The highest BCUT2D eigenvalue weighted by Crippen LogP contribution is 2.25. The Balaban J connectivity index is 1.49. The van der Waals surface area contributed by atoms with Crippen LogP contribution < -0.4 is 15.4 Å².